The molecule has 4 heteroatoms. The standard InChI is InChI=1S/C14H24N2O2/c1-13(12-16-7-10-17-11-8-16)15-6-2-4-14-5-3-9-18-14/h3,5,9,13,15H,2,4,6-8,10-12H2,1H3. The Morgan fingerprint density at radius 3 is 2.94 bits per heavy atom. The molecule has 0 aliphatic carbocycles. The van der Waals surface area contributed by atoms with Crippen LogP contribution < -0.4 is 5.32 Å². The number of nitrogens with zero attached hydrogens (tertiary/aromatic N) is 1. The number of aryl methyl sites for hydroxylation is 1. The van der Waals surface area contributed by atoms with Gasteiger partial charge in [-0.3, -0.25) is 4.90 Å². The molecule has 1 atom stereocenters. The monoisotopic (exact) mass is 252 g/mol. The molecule has 0 saturated carbocycles. The minimum Gasteiger partial charge on any atom is -0.469 e. The molecule has 1 aliphatic rings. The van der Waals surface area contributed by atoms with Crippen LogP contribution in [0.5, 0.6) is 0 Å². The summed E-state index contributed by atoms with van der Waals surface area (Å²) in [5, 5.41) is 3.57. The van der Waals surface area contributed by atoms with Crippen LogP contribution in [-0.2, 0) is 11.2 Å². The van der Waals surface area contributed by atoms with Crippen LogP contribution in [0.4, 0.5) is 0 Å². The molecule has 18 heavy (non-hydrogen) atoms. The van der Waals surface area contributed by atoms with Crippen molar-refractivity contribution in [1.82, 2.24) is 10.2 Å². The van der Waals surface area contributed by atoms with Crippen molar-refractivity contribution >= 4 is 0 Å². The van der Waals surface area contributed by atoms with Gasteiger partial charge in [0.1, 0.15) is 5.76 Å². The van der Waals surface area contributed by atoms with Crippen LogP contribution >= 0.6 is 0 Å². The fourth-order valence-electron chi connectivity index (χ4n) is 2.30. The van der Waals surface area contributed by atoms with E-state index in [0.717, 1.165) is 58.0 Å². The molecule has 0 amide bonds. The molecule has 0 aromatic carbocycles. The van der Waals surface area contributed by atoms with Gasteiger partial charge in [0.25, 0.3) is 0 Å². The zero-order chi connectivity index (χ0) is 12.6. The Labute approximate surface area is 109 Å². The quantitative estimate of drug-likeness (QED) is 0.747. The number of hydrogen-bond acceptors (Lipinski definition) is 4. The van der Waals surface area contributed by atoms with Crippen molar-refractivity contribution in [2.45, 2.75) is 25.8 Å². The summed E-state index contributed by atoms with van der Waals surface area (Å²) >= 11 is 0. The Morgan fingerprint density at radius 2 is 2.22 bits per heavy atom. The number of ether oxygens (including phenoxy) is 1. The highest BCUT2D eigenvalue weighted by molar-refractivity contribution is 4.97. The molecule has 0 radical (unpaired) electrons. The Balaban J connectivity index is 1.52. The van der Waals surface area contributed by atoms with Gasteiger partial charge in [0.15, 0.2) is 0 Å². The minimum atomic E-state index is 0.541. The maximum absolute atomic E-state index is 5.35. The Kier molecular flexibility index (Phi) is 5.71. The van der Waals surface area contributed by atoms with Crippen molar-refractivity contribution in [3.8, 4) is 0 Å². The maximum atomic E-state index is 5.35. The summed E-state index contributed by atoms with van der Waals surface area (Å²) in [5.74, 6) is 1.08. The van der Waals surface area contributed by atoms with Crippen molar-refractivity contribution in [2.75, 3.05) is 39.4 Å². The van der Waals surface area contributed by atoms with Crippen LogP contribution in [0.15, 0.2) is 22.8 Å². The summed E-state index contributed by atoms with van der Waals surface area (Å²) in [6.07, 6.45) is 3.88. The molecule has 0 spiro atoms. The van der Waals surface area contributed by atoms with Gasteiger partial charge in [-0.2, -0.15) is 0 Å². The van der Waals surface area contributed by atoms with Crippen LogP contribution in [0.25, 0.3) is 0 Å². The lowest BCUT2D eigenvalue weighted by Gasteiger charge is -2.29. The topological polar surface area (TPSA) is 37.6 Å². The number of hydrogen-bond donors (Lipinski definition) is 1. The van der Waals surface area contributed by atoms with Gasteiger partial charge in [-0.25, -0.2) is 0 Å². The average Bonchev–Trinajstić information content (AvgIpc) is 2.89. The van der Waals surface area contributed by atoms with E-state index < -0.39 is 0 Å². The van der Waals surface area contributed by atoms with Crippen molar-refractivity contribution in [3.63, 3.8) is 0 Å². The van der Waals surface area contributed by atoms with Crippen molar-refractivity contribution < 1.29 is 9.15 Å². The second kappa shape index (κ2) is 7.56. The van der Waals surface area contributed by atoms with E-state index >= 15 is 0 Å². The van der Waals surface area contributed by atoms with Crippen molar-refractivity contribution in [2.24, 2.45) is 0 Å². The van der Waals surface area contributed by atoms with Gasteiger partial charge < -0.3 is 14.5 Å². The molecule has 4 nitrogen and oxygen atoms in total. The van der Waals surface area contributed by atoms with Gasteiger partial charge >= 0.3 is 0 Å². The van der Waals surface area contributed by atoms with E-state index in [0.29, 0.717) is 6.04 Å². The third kappa shape index (κ3) is 4.80. The summed E-state index contributed by atoms with van der Waals surface area (Å²) in [6.45, 7) is 8.31. The molecule has 1 saturated heterocycles. The smallest absolute Gasteiger partial charge is 0.103 e. The highest BCUT2D eigenvalue weighted by atomic mass is 16.5. The van der Waals surface area contributed by atoms with Crippen LogP contribution in [0.3, 0.4) is 0 Å². The number of furan rings is 1. The predicted octanol–water partition coefficient (Wildman–Crippen LogP) is 1.52. The van der Waals surface area contributed by atoms with Crippen molar-refractivity contribution in [1.29, 1.82) is 0 Å². The fraction of sp³-hybridized carbons (Fsp3) is 0.714. The third-order valence-electron chi connectivity index (χ3n) is 3.31. The highest BCUT2D eigenvalue weighted by Gasteiger charge is 2.12. The number of morpholine rings is 1. The maximum Gasteiger partial charge on any atom is 0.103 e. The van der Waals surface area contributed by atoms with E-state index in [4.69, 9.17) is 9.15 Å². The second-order valence-electron chi connectivity index (χ2n) is 4.95. The van der Waals surface area contributed by atoms with E-state index in [1.165, 1.54) is 0 Å². The number of rotatable bonds is 7. The van der Waals surface area contributed by atoms with Gasteiger partial charge in [0.05, 0.1) is 19.5 Å². The summed E-state index contributed by atoms with van der Waals surface area (Å²) in [5.41, 5.74) is 0. The lowest BCUT2D eigenvalue weighted by Crippen LogP contribution is -2.44. The lowest BCUT2D eigenvalue weighted by atomic mass is 10.2. The first-order valence-electron chi connectivity index (χ1n) is 6.90. The first kappa shape index (κ1) is 13.6. The van der Waals surface area contributed by atoms with E-state index in [9.17, 15) is 0 Å². The molecule has 1 fully saturated rings. The SMILES string of the molecule is CC(CN1CCOCC1)NCCCc1ccco1. The Morgan fingerprint density at radius 1 is 1.39 bits per heavy atom. The van der Waals surface area contributed by atoms with Gasteiger partial charge in [0, 0.05) is 32.1 Å². The molecular formula is C14H24N2O2. The summed E-state index contributed by atoms with van der Waals surface area (Å²) < 4.78 is 10.7. The Hall–Kier alpha value is -0.840. The summed E-state index contributed by atoms with van der Waals surface area (Å²) in [6, 6.07) is 4.53. The largest absolute Gasteiger partial charge is 0.469 e. The zero-order valence-electron chi connectivity index (χ0n) is 11.2. The van der Waals surface area contributed by atoms with Gasteiger partial charge in [0.2, 0.25) is 0 Å². The molecule has 102 valence electrons. The van der Waals surface area contributed by atoms with Gasteiger partial charge in [-0.1, -0.05) is 0 Å². The van der Waals surface area contributed by atoms with Crippen LogP contribution in [0.2, 0.25) is 0 Å². The number of nitrogens with one attached hydrogen (secondary N) is 1. The molecular weight excluding hydrogens is 228 g/mol. The lowest BCUT2D eigenvalue weighted by molar-refractivity contribution is 0.0344. The van der Waals surface area contributed by atoms with Gasteiger partial charge in [-0.15, -0.1) is 0 Å². The molecule has 1 unspecified atom stereocenters. The van der Waals surface area contributed by atoms with Gasteiger partial charge in [-0.05, 0) is 32.0 Å². The predicted molar refractivity (Wildman–Crippen MR) is 71.8 cm³/mol. The second-order valence-corrected chi connectivity index (χ2v) is 4.95. The molecule has 1 aromatic rings. The molecule has 2 heterocycles. The highest BCUT2D eigenvalue weighted by Crippen LogP contribution is 2.03. The Bertz CT molecular complexity index is 308. The van der Waals surface area contributed by atoms with Crippen LogP contribution in [0.1, 0.15) is 19.1 Å². The van der Waals surface area contributed by atoms with E-state index in [2.05, 4.69) is 17.1 Å². The normalized spacial score (nSPS) is 18.9. The third-order valence-corrected chi connectivity index (χ3v) is 3.31. The summed E-state index contributed by atoms with van der Waals surface area (Å²) in [7, 11) is 0. The molecule has 2 rings (SSSR count). The fourth-order valence-corrected chi connectivity index (χ4v) is 2.30. The van der Waals surface area contributed by atoms with E-state index in [1.54, 1.807) is 6.26 Å². The van der Waals surface area contributed by atoms with Crippen LogP contribution in [0, 0.1) is 0 Å². The molecule has 1 aromatic heterocycles. The molecule has 0 bridgehead atoms. The molecule has 1 N–H and O–H groups in total. The van der Waals surface area contributed by atoms with Crippen LogP contribution in [-0.4, -0.2) is 50.3 Å². The zero-order valence-corrected chi connectivity index (χ0v) is 11.2. The van der Waals surface area contributed by atoms with E-state index in [1.807, 2.05) is 12.1 Å². The summed E-state index contributed by atoms with van der Waals surface area (Å²) in [4.78, 5) is 2.47. The first-order valence-corrected chi connectivity index (χ1v) is 6.90. The van der Waals surface area contributed by atoms with Crippen molar-refractivity contribution in [3.05, 3.63) is 24.2 Å². The van der Waals surface area contributed by atoms with E-state index in [-0.39, 0.29) is 0 Å². The molecule has 1 aliphatic heterocycles. The average molecular weight is 252 g/mol. The minimum absolute atomic E-state index is 0.541. The first-order chi connectivity index (χ1) is 8.84.